The molecule has 96 valence electrons. The molecule has 1 unspecified atom stereocenters. The molecule has 1 fully saturated rings. The number of alkyl halides is 1. The van der Waals surface area contributed by atoms with Gasteiger partial charge in [-0.15, -0.1) is 0 Å². The molecular formula is C11H16FNO4. The Labute approximate surface area is 98.8 Å². The number of carbonyl (C=O) groups excluding carboxylic acids is 1. The van der Waals surface area contributed by atoms with E-state index in [-0.39, 0.29) is 19.6 Å². The highest BCUT2D eigenvalue weighted by molar-refractivity contribution is 5.82. The van der Waals surface area contributed by atoms with Crippen molar-refractivity contribution in [3.8, 4) is 0 Å². The number of amides is 1. The topological polar surface area (TPSA) is 66.8 Å². The second kappa shape index (κ2) is 5.65. The lowest BCUT2D eigenvalue weighted by Gasteiger charge is -2.33. The highest BCUT2D eigenvalue weighted by atomic mass is 19.1. The van der Waals surface area contributed by atoms with Crippen LogP contribution in [0.1, 0.15) is 19.8 Å². The molecule has 1 aliphatic rings. The van der Waals surface area contributed by atoms with Gasteiger partial charge in [0.1, 0.15) is 5.67 Å². The van der Waals surface area contributed by atoms with Crippen molar-refractivity contribution in [3.63, 3.8) is 0 Å². The zero-order chi connectivity index (χ0) is 12.9. The lowest BCUT2D eigenvalue weighted by molar-refractivity contribution is -0.137. The molecule has 1 N–H and O–H groups in total. The molecule has 0 aromatic carbocycles. The predicted molar refractivity (Wildman–Crippen MR) is 58.4 cm³/mol. The number of nitrogens with zero attached hydrogens (tertiary/aromatic N) is 1. The first-order valence-electron chi connectivity index (χ1n) is 5.49. The first-order chi connectivity index (χ1) is 7.97. The summed E-state index contributed by atoms with van der Waals surface area (Å²) in [6.07, 6.45) is 1.63. The summed E-state index contributed by atoms with van der Waals surface area (Å²) >= 11 is 0. The molecular weight excluding hydrogens is 229 g/mol. The highest BCUT2D eigenvalue weighted by Gasteiger charge is 2.35. The van der Waals surface area contributed by atoms with Crippen LogP contribution >= 0.6 is 0 Å². The number of carbonyl (C=O) groups is 2. The molecule has 0 aromatic heterocycles. The van der Waals surface area contributed by atoms with E-state index < -0.39 is 17.7 Å². The normalized spacial score (nSPS) is 24.9. The summed E-state index contributed by atoms with van der Waals surface area (Å²) < 4.78 is 18.8. The minimum Gasteiger partial charge on any atom is -0.465 e. The van der Waals surface area contributed by atoms with Gasteiger partial charge in [-0.2, -0.15) is 0 Å². The van der Waals surface area contributed by atoms with E-state index in [2.05, 4.69) is 4.74 Å². The van der Waals surface area contributed by atoms with Gasteiger partial charge >= 0.3 is 12.1 Å². The van der Waals surface area contributed by atoms with E-state index in [1.165, 1.54) is 0 Å². The van der Waals surface area contributed by atoms with Gasteiger partial charge in [-0.25, -0.2) is 14.0 Å². The van der Waals surface area contributed by atoms with Gasteiger partial charge in [0.2, 0.25) is 0 Å². The maximum atomic E-state index is 14.2. The second-order valence-corrected chi connectivity index (χ2v) is 3.93. The summed E-state index contributed by atoms with van der Waals surface area (Å²) in [7, 11) is 0. The fraction of sp³-hybridized carbons (Fsp3) is 0.636. The molecule has 0 aromatic rings. The fourth-order valence-corrected chi connectivity index (χ4v) is 1.75. The Balaban J connectivity index is 2.61. The molecule has 0 spiro atoms. The van der Waals surface area contributed by atoms with Gasteiger partial charge in [0.15, 0.2) is 0 Å². The van der Waals surface area contributed by atoms with Crippen molar-refractivity contribution >= 4 is 12.1 Å². The minimum absolute atomic E-state index is 0.215. The molecule has 0 bridgehead atoms. The summed E-state index contributed by atoms with van der Waals surface area (Å²) in [4.78, 5) is 22.8. The number of piperidine rings is 1. The van der Waals surface area contributed by atoms with E-state index in [0.29, 0.717) is 13.0 Å². The number of ether oxygens (including phenoxy) is 1. The van der Waals surface area contributed by atoms with Crippen LogP contribution < -0.4 is 0 Å². The van der Waals surface area contributed by atoms with Crippen LogP contribution in [-0.2, 0) is 9.53 Å². The van der Waals surface area contributed by atoms with Crippen LogP contribution in [0.3, 0.4) is 0 Å². The van der Waals surface area contributed by atoms with Crippen LogP contribution in [0, 0.1) is 0 Å². The Kier molecular flexibility index (Phi) is 4.48. The van der Waals surface area contributed by atoms with Gasteiger partial charge in [0.05, 0.1) is 13.2 Å². The van der Waals surface area contributed by atoms with Gasteiger partial charge in [0.25, 0.3) is 0 Å². The molecule has 1 aliphatic heterocycles. The van der Waals surface area contributed by atoms with Crippen molar-refractivity contribution in [1.82, 2.24) is 4.90 Å². The number of rotatable bonds is 3. The van der Waals surface area contributed by atoms with Crippen LogP contribution in [-0.4, -0.2) is 47.4 Å². The largest absolute Gasteiger partial charge is 0.465 e. The lowest BCUT2D eigenvalue weighted by Crippen LogP contribution is -2.46. The molecule has 0 saturated carbocycles. The third-order valence-electron chi connectivity index (χ3n) is 2.55. The Hall–Kier alpha value is -1.59. The standard InChI is InChI=1S/C11H16FNO4/c1-2-17-9(14)4-6-11(12)5-3-7-13(8-11)10(15)16/h4,6H,2-3,5,7-8H2,1H3,(H,15,16)/b6-4+. The molecule has 0 radical (unpaired) electrons. The first-order valence-corrected chi connectivity index (χ1v) is 5.49. The smallest absolute Gasteiger partial charge is 0.407 e. The molecule has 6 heteroatoms. The Morgan fingerprint density at radius 1 is 1.59 bits per heavy atom. The highest BCUT2D eigenvalue weighted by Crippen LogP contribution is 2.26. The number of esters is 1. The molecule has 5 nitrogen and oxygen atoms in total. The summed E-state index contributed by atoms with van der Waals surface area (Å²) in [5.41, 5.74) is -1.77. The van der Waals surface area contributed by atoms with Crippen LogP contribution in [0.25, 0.3) is 0 Å². The average Bonchev–Trinajstić information content (AvgIpc) is 2.27. The molecule has 1 amide bonds. The summed E-state index contributed by atoms with van der Waals surface area (Å²) in [6, 6.07) is 0. The minimum atomic E-state index is -1.77. The molecule has 0 aliphatic carbocycles. The number of hydrogen-bond acceptors (Lipinski definition) is 3. The van der Waals surface area contributed by atoms with Gasteiger partial charge in [-0.05, 0) is 25.8 Å². The number of hydrogen-bond donors (Lipinski definition) is 1. The molecule has 1 saturated heterocycles. The third kappa shape index (κ3) is 4.05. The van der Waals surface area contributed by atoms with Crippen LogP contribution in [0.4, 0.5) is 9.18 Å². The van der Waals surface area contributed by atoms with E-state index in [9.17, 15) is 14.0 Å². The Morgan fingerprint density at radius 2 is 2.29 bits per heavy atom. The summed E-state index contributed by atoms with van der Waals surface area (Å²) in [6.45, 7) is 1.97. The summed E-state index contributed by atoms with van der Waals surface area (Å²) in [5.74, 6) is -0.614. The SMILES string of the molecule is CCOC(=O)/C=C/C1(F)CCCN(C(=O)O)C1. The van der Waals surface area contributed by atoms with Gasteiger partial charge in [0, 0.05) is 12.6 Å². The number of carboxylic acid groups (broad SMARTS) is 1. The van der Waals surface area contributed by atoms with Gasteiger partial charge < -0.3 is 14.7 Å². The second-order valence-electron chi connectivity index (χ2n) is 3.93. The van der Waals surface area contributed by atoms with Crippen LogP contribution in [0.5, 0.6) is 0 Å². The van der Waals surface area contributed by atoms with Crippen molar-refractivity contribution in [1.29, 1.82) is 0 Å². The number of halogens is 1. The lowest BCUT2D eigenvalue weighted by atomic mass is 9.94. The van der Waals surface area contributed by atoms with E-state index >= 15 is 0 Å². The van der Waals surface area contributed by atoms with E-state index in [4.69, 9.17) is 5.11 Å². The van der Waals surface area contributed by atoms with Crippen molar-refractivity contribution in [2.24, 2.45) is 0 Å². The van der Waals surface area contributed by atoms with Crippen molar-refractivity contribution in [3.05, 3.63) is 12.2 Å². The Morgan fingerprint density at radius 3 is 2.88 bits per heavy atom. The quantitative estimate of drug-likeness (QED) is 0.605. The summed E-state index contributed by atoms with van der Waals surface area (Å²) in [5, 5.41) is 8.78. The Bertz CT molecular complexity index is 331. The first kappa shape index (κ1) is 13.5. The van der Waals surface area contributed by atoms with E-state index in [1.807, 2.05) is 0 Å². The molecule has 1 heterocycles. The average molecular weight is 245 g/mol. The van der Waals surface area contributed by atoms with Crippen molar-refractivity contribution in [2.75, 3.05) is 19.7 Å². The number of likely N-dealkylation sites (tertiary alicyclic amines) is 1. The zero-order valence-corrected chi connectivity index (χ0v) is 9.69. The maximum absolute atomic E-state index is 14.2. The maximum Gasteiger partial charge on any atom is 0.407 e. The van der Waals surface area contributed by atoms with E-state index in [0.717, 1.165) is 17.1 Å². The molecule has 17 heavy (non-hydrogen) atoms. The fourth-order valence-electron chi connectivity index (χ4n) is 1.75. The van der Waals surface area contributed by atoms with E-state index in [1.54, 1.807) is 6.92 Å². The van der Waals surface area contributed by atoms with Crippen molar-refractivity contribution < 1.29 is 23.8 Å². The van der Waals surface area contributed by atoms with Gasteiger partial charge in [-0.1, -0.05) is 0 Å². The van der Waals surface area contributed by atoms with Crippen molar-refractivity contribution in [2.45, 2.75) is 25.4 Å². The van der Waals surface area contributed by atoms with Crippen LogP contribution in [0.2, 0.25) is 0 Å². The third-order valence-corrected chi connectivity index (χ3v) is 2.55. The van der Waals surface area contributed by atoms with Gasteiger partial charge in [-0.3, -0.25) is 0 Å². The van der Waals surface area contributed by atoms with Crippen LogP contribution in [0.15, 0.2) is 12.2 Å². The molecule has 1 rings (SSSR count). The monoisotopic (exact) mass is 245 g/mol. The molecule has 1 atom stereocenters. The predicted octanol–water partition coefficient (Wildman–Crippen LogP) is 1.59. The zero-order valence-electron chi connectivity index (χ0n) is 9.69.